The van der Waals surface area contributed by atoms with Crippen LogP contribution in [0.25, 0.3) is 0 Å². The van der Waals surface area contributed by atoms with Gasteiger partial charge in [0, 0.05) is 11.8 Å². The van der Waals surface area contributed by atoms with Crippen LogP contribution in [0.4, 0.5) is 4.39 Å². The van der Waals surface area contributed by atoms with Gasteiger partial charge in [0.2, 0.25) is 0 Å². The van der Waals surface area contributed by atoms with Gasteiger partial charge in [0.15, 0.2) is 0 Å². The summed E-state index contributed by atoms with van der Waals surface area (Å²) in [6, 6.07) is 4.33. The highest BCUT2D eigenvalue weighted by Gasteiger charge is 2.05. The van der Waals surface area contributed by atoms with Gasteiger partial charge < -0.3 is 4.74 Å². The van der Waals surface area contributed by atoms with Crippen LogP contribution in [-0.4, -0.2) is 4.98 Å². The molecule has 84 valence electrons. The summed E-state index contributed by atoms with van der Waals surface area (Å²) in [5, 5.41) is 0. The second kappa shape index (κ2) is 5.27. The highest BCUT2D eigenvalue weighted by Crippen LogP contribution is 2.23. The molecular formula is C11H9ClFNOS. The Morgan fingerprint density at radius 3 is 3.00 bits per heavy atom. The van der Waals surface area contributed by atoms with Crippen LogP contribution >= 0.6 is 22.9 Å². The molecule has 0 fully saturated rings. The Morgan fingerprint density at radius 1 is 1.44 bits per heavy atom. The highest BCUT2D eigenvalue weighted by molar-refractivity contribution is 7.09. The van der Waals surface area contributed by atoms with Crippen molar-refractivity contribution in [1.82, 2.24) is 4.98 Å². The van der Waals surface area contributed by atoms with Crippen molar-refractivity contribution >= 4 is 22.9 Å². The van der Waals surface area contributed by atoms with Gasteiger partial charge in [-0.05, 0) is 18.2 Å². The van der Waals surface area contributed by atoms with Crippen LogP contribution < -0.4 is 4.74 Å². The third kappa shape index (κ3) is 2.71. The van der Waals surface area contributed by atoms with Gasteiger partial charge in [-0.1, -0.05) is 0 Å². The normalized spacial score (nSPS) is 10.4. The topological polar surface area (TPSA) is 22.1 Å². The van der Waals surface area contributed by atoms with E-state index in [1.165, 1.54) is 23.5 Å². The first-order valence-electron chi connectivity index (χ1n) is 4.64. The SMILES string of the molecule is Fc1ccc(OCc2cncs2)c(CCl)c1. The number of halogens is 2. The summed E-state index contributed by atoms with van der Waals surface area (Å²) in [7, 11) is 0. The van der Waals surface area contributed by atoms with Gasteiger partial charge in [-0.3, -0.25) is 4.98 Å². The largest absolute Gasteiger partial charge is 0.488 e. The zero-order valence-corrected chi connectivity index (χ0v) is 9.89. The van der Waals surface area contributed by atoms with Crippen LogP contribution in [0.5, 0.6) is 5.75 Å². The van der Waals surface area contributed by atoms with Crippen molar-refractivity contribution in [3.63, 3.8) is 0 Å². The van der Waals surface area contributed by atoms with Crippen molar-refractivity contribution < 1.29 is 9.13 Å². The summed E-state index contributed by atoms with van der Waals surface area (Å²) < 4.78 is 18.5. The maximum Gasteiger partial charge on any atom is 0.124 e. The molecule has 0 amide bonds. The van der Waals surface area contributed by atoms with Crippen molar-refractivity contribution in [2.24, 2.45) is 0 Å². The summed E-state index contributed by atoms with van der Waals surface area (Å²) in [6.45, 7) is 0.431. The minimum atomic E-state index is -0.305. The first kappa shape index (κ1) is 11.4. The molecule has 0 saturated carbocycles. The van der Waals surface area contributed by atoms with Crippen LogP contribution in [0.15, 0.2) is 29.9 Å². The molecule has 0 spiro atoms. The fraction of sp³-hybridized carbons (Fsp3) is 0.182. The summed E-state index contributed by atoms with van der Waals surface area (Å²) in [5.74, 6) is 0.543. The van der Waals surface area contributed by atoms with Gasteiger partial charge in [0.05, 0.1) is 16.3 Å². The maximum atomic E-state index is 12.9. The number of hydrogen-bond acceptors (Lipinski definition) is 3. The van der Waals surface area contributed by atoms with Crippen molar-refractivity contribution in [2.75, 3.05) is 0 Å². The molecule has 0 atom stereocenters. The number of aromatic nitrogens is 1. The standard InChI is InChI=1S/C11H9ClFNOS/c12-4-8-3-9(13)1-2-11(8)15-6-10-5-14-7-16-10/h1-3,5,7H,4,6H2. The molecule has 0 bridgehead atoms. The molecular weight excluding hydrogens is 249 g/mol. The summed E-state index contributed by atoms with van der Waals surface area (Å²) >= 11 is 7.22. The molecule has 1 aromatic heterocycles. The molecule has 0 aliphatic carbocycles. The zero-order chi connectivity index (χ0) is 11.4. The van der Waals surface area contributed by atoms with Crippen LogP contribution in [0, 0.1) is 5.82 Å². The van der Waals surface area contributed by atoms with E-state index in [2.05, 4.69) is 4.98 Å². The average molecular weight is 258 g/mol. The van der Waals surface area contributed by atoms with Crippen molar-refractivity contribution in [3.05, 3.63) is 46.2 Å². The number of alkyl halides is 1. The molecule has 0 saturated heterocycles. The fourth-order valence-corrected chi connectivity index (χ4v) is 1.97. The highest BCUT2D eigenvalue weighted by atomic mass is 35.5. The van der Waals surface area contributed by atoms with Crippen LogP contribution in [-0.2, 0) is 12.5 Å². The molecule has 2 nitrogen and oxygen atoms in total. The third-order valence-corrected chi connectivity index (χ3v) is 3.06. The van der Waals surface area contributed by atoms with Gasteiger partial charge in [0.1, 0.15) is 18.2 Å². The lowest BCUT2D eigenvalue weighted by Crippen LogP contribution is -1.96. The van der Waals surface area contributed by atoms with E-state index >= 15 is 0 Å². The molecule has 16 heavy (non-hydrogen) atoms. The van der Waals surface area contributed by atoms with E-state index in [0.29, 0.717) is 17.9 Å². The molecule has 0 N–H and O–H groups in total. The van der Waals surface area contributed by atoms with Gasteiger partial charge >= 0.3 is 0 Å². The lowest BCUT2D eigenvalue weighted by Gasteiger charge is -2.08. The monoisotopic (exact) mass is 257 g/mol. The molecule has 0 radical (unpaired) electrons. The fourth-order valence-electron chi connectivity index (χ4n) is 1.26. The van der Waals surface area contributed by atoms with E-state index in [0.717, 1.165) is 4.88 Å². The Hall–Kier alpha value is -1.13. The summed E-state index contributed by atoms with van der Waals surface area (Å²) in [6.07, 6.45) is 1.74. The smallest absolute Gasteiger partial charge is 0.124 e. The van der Waals surface area contributed by atoms with Gasteiger partial charge in [-0.2, -0.15) is 0 Å². The summed E-state index contributed by atoms with van der Waals surface area (Å²) in [5.41, 5.74) is 2.40. The third-order valence-electron chi connectivity index (χ3n) is 2.02. The minimum Gasteiger partial charge on any atom is -0.488 e. The van der Waals surface area contributed by atoms with Gasteiger partial charge in [-0.15, -0.1) is 22.9 Å². The van der Waals surface area contributed by atoms with Crippen LogP contribution in [0.3, 0.4) is 0 Å². The molecule has 0 aliphatic rings. The van der Waals surface area contributed by atoms with E-state index in [1.807, 2.05) is 0 Å². The van der Waals surface area contributed by atoms with Gasteiger partial charge in [-0.25, -0.2) is 4.39 Å². The van der Waals surface area contributed by atoms with Gasteiger partial charge in [0.25, 0.3) is 0 Å². The average Bonchev–Trinajstić information content (AvgIpc) is 2.80. The number of benzene rings is 1. The number of thiazole rings is 1. The lowest BCUT2D eigenvalue weighted by atomic mass is 10.2. The number of ether oxygens (including phenoxy) is 1. The Labute approximate surface area is 102 Å². The molecule has 0 aliphatic heterocycles. The quantitative estimate of drug-likeness (QED) is 0.781. The molecule has 1 heterocycles. The van der Waals surface area contributed by atoms with E-state index in [4.69, 9.17) is 16.3 Å². The predicted molar refractivity (Wildman–Crippen MR) is 62.4 cm³/mol. The Kier molecular flexibility index (Phi) is 3.74. The number of hydrogen-bond donors (Lipinski definition) is 0. The van der Waals surface area contributed by atoms with Crippen LogP contribution in [0.1, 0.15) is 10.4 Å². The van der Waals surface area contributed by atoms with E-state index in [1.54, 1.807) is 17.8 Å². The lowest BCUT2D eigenvalue weighted by molar-refractivity contribution is 0.306. The molecule has 0 unspecified atom stereocenters. The van der Waals surface area contributed by atoms with Crippen molar-refractivity contribution in [3.8, 4) is 5.75 Å². The second-order valence-electron chi connectivity index (χ2n) is 3.14. The second-order valence-corrected chi connectivity index (χ2v) is 4.38. The zero-order valence-electron chi connectivity index (χ0n) is 8.32. The molecule has 1 aromatic carbocycles. The Morgan fingerprint density at radius 2 is 2.31 bits per heavy atom. The summed E-state index contributed by atoms with van der Waals surface area (Å²) in [4.78, 5) is 4.96. The van der Waals surface area contributed by atoms with E-state index in [-0.39, 0.29) is 11.7 Å². The van der Waals surface area contributed by atoms with Crippen molar-refractivity contribution in [2.45, 2.75) is 12.5 Å². The number of nitrogens with zero attached hydrogens (tertiary/aromatic N) is 1. The predicted octanol–water partition coefficient (Wildman–Crippen LogP) is 3.60. The molecule has 5 heteroatoms. The van der Waals surface area contributed by atoms with Crippen LogP contribution in [0.2, 0.25) is 0 Å². The van der Waals surface area contributed by atoms with Crippen molar-refractivity contribution in [1.29, 1.82) is 0 Å². The van der Waals surface area contributed by atoms with E-state index < -0.39 is 0 Å². The first-order chi connectivity index (χ1) is 7.79. The number of rotatable bonds is 4. The molecule has 2 rings (SSSR count). The van der Waals surface area contributed by atoms with E-state index in [9.17, 15) is 4.39 Å². The Bertz CT molecular complexity index is 461. The minimum absolute atomic E-state index is 0.232. The Balaban J connectivity index is 2.09. The molecule has 2 aromatic rings. The first-order valence-corrected chi connectivity index (χ1v) is 6.05. The maximum absolute atomic E-state index is 12.9.